The number of hydrogen-bond donors (Lipinski definition) is 1. The minimum absolute atomic E-state index is 0.265. The third-order valence-electron chi connectivity index (χ3n) is 1.80. The minimum atomic E-state index is -4.16. The zero-order valence-corrected chi connectivity index (χ0v) is 8.09. The van der Waals surface area contributed by atoms with Crippen LogP contribution in [0.25, 0.3) is 6.08 Å². The van der Waals surface area contributed by atoms with E-state index in [1.165, 1.54) is 12.1 Å². The summed E-state index contributed by atoms with van der Waals surface area (Å²) in [6, 6.07) is 6.33. The Morgan fingerprint density at radius 2 is 2.00 bits per heavy atom. The fourth-order valence-corrected chi connectivity index (χ4v) is 1.24. The molecule has 0 aliphatic rings. The SMILES string of the molecule is NC/C=C/c1cccc(CC(F)(F)F)c1. The van der Waals surface area contributed by atoms with E-state index in [9.17, 15) is 13.2 Å². The van der Waals surface area contributed by atoms with Gasteiger partial charge in [0.15, 0.2) is 0 Å². The van der Waals surface area contributed by atoms with Crippen LogP contribution in [0.3, 0.4) is 0 Å². The normalized spacial score (nSPS) is 12.3. The zero-order chi connectivity index (χ0) is 11.3. The molecule has 15 heavy (non-hydrogen) atoms. The van der Waals surface area contributed by atoms with E-state index in [1.54, 1.807) is 24.3 Å². The summed E-state index contributed by atoms with van der Waals surface area (Å²) in [5.41, 5.74) is 6.25. The monoisotopic (exact) mass is 215 g/mol. The predicted molar refractivity (Wildman–Crippen MR) is 54.3 cm³/mol. The van der Waals surface area contributed by atoms with Gasteiger partial charge in [-0.2, -0.15) is 13.2 Å². The van der Waals surface area contributed by atoms with E-state index in [-0.39, 0.29) is 5.56 Å². The Labute approximate surface area is 86.4 Å². The molecule has 0 amide bonds. The van der Waals surface area contributed by atoms with Crippen LogP contribution in [0.4, 0.5) is 13.2 Å². The standard InChI is InChI=1S/C11H12F3N/c12-11(13,14)8-10-4-1-3-9(7-10)5-2-6-15/h1-5,7H,6,8,15H2/b5-2+. The van der Waals surface area contributed by atoms with Gasteiger partial charge in [0.05, 0.1) is 6.42 Å². The smallest absolute Gasteiger partial charge is 0.327 e. The second kappa shape index (κ2) is 4.98. The fourth-order valence-electron chi connectivity index (χ4n) is 1.24. The largest absolute Gasteiger partial charge is 0.393 e. The number of nitrogens with two attached hydrogens (primary N) is 1. The number of hydrogen-bond acceptors (Lipinski definition) is 1. The van der Waals surface area contributed by atoms with Gasteiger partial charge in [0, 0.05) is 6.54 Å². The average molecular weight is 215 g/mol. The lowest BCUT2D eigenvalue weighted by Gasteiger charge is -2.06. The second-order valence-electron chi connectivity index (χ2n) is 3.18. The van der Waals surface area contributed by atoms with Crippen LogP contribution < -0.4 is 5.73 Å². The molecule has 0 atom stereocenters. The first-order chi connectivity index (χ1) is 7.01. The Hall–Kier alpha value is -1.29. The van der Waals surface area contributed by atoms with E-state index in [0.717, 1.165) is 5.56 Å². The van der Waals surface area contributed by atoms with Crippen LogP contribution in [0.5, 0.6) is 0 Å². The fraction of sp³-hybridized carbons (Fsp3) is 0.273. The second-order valence-corrected chi connectivity index (χ2v) is 3.18. The van der Waals surface area contributed by atoms with Gasteiger partial charge >= 0.3 is 6.18 Å². The molecule has 1 aromatic carbocycles. The van der Waals surface area contributed by atoms with Crippen LogP contribution in [-0.4, -0.2) is 12.7 Å². The summed E-state index contributed by atoms with van der Waals surface area (Å²) in [5, 5.41) is 0. The molecule has 1 aromatic rings. The van der Waals surface area contributed by atoms with Gasteiger partial charge in [0.2, 0.25) is 0 Å². The molecular formula is C11H12F3N. The summed E-state index contributed by atoms with van der Waals surface area (Å²) in [4.78, 5) is 0. The molecule has 0 bridgehead atoms. The van der Waals surface area contributed by atoms with Crippen LogP contribution in [0, 0.1) is 0 Å². The number of benzene rings is 1. The minimum Gasteiger partial charge on any atom is -0.327 e. The van der Waals surface area contributed by atoms with Crippen molar-refractivity contribution in [1.29, 1.82) is 0 Å². The highest BCUT2D eigenvalue weighted by Crippen LogP contribution is 2.21. The highest BCUT2D eigenvalue weighted by atomic mass is 19.4. The van der Waals surface area contributed by atoms with Crippen LogP contribution >= 0.6 is 0 Å². The van der Waals surface area contributed by atoms with Gasteiger partial charge < -0.3 is 5.73 Å². The van der Waals surface area contributed by atoms with Crippen molar-refractivity contribution in [3.05, 3.63) is 41.5 Å². The molecule has 2 N–H and O–H groups in total. The molecule has 0 spiro atoms. The van der Waals surface area contributed by atoms with E-state index in [4.69, 9.17) is 5.73 Å². The molecule has 1 rings (SSSR count). The molecule has 82 valence electrons. The van der Waals surface area contributed by atoms with Gasteiger partial charge in [-0.05, 0) is 11.1 Å². The molecule has 0 unspecified atom stereocenters. The molecule has 0 aromatic heterocycles. The van der Waals surface area contributed by atoms with Crippen molar-refractivity contribution in [2.24, 2.45) is 5.73 Å². The van der Waals surface area contributed by atoms with Crippen molar-refractivity contribution in [3.8, 4) is 0 Å². The Morgan fingerprint density at radius 3 is 2.60 bits per heavy atom. The average Bonchev–Trinajstić information content (AvgIpc) is 2.12. The molecule has 0 fully saturated rings. The Morgan fingerprint density at radius 1 is 1.27 bits per heavy atom. The number of alkyl halides is 3. The maximum atomic E-state index is 12.1. The zero-order valence-electron chi connectivity index (χ0n) is 8.09. The Bertz CT molecular complexity index is 342. The van der Waals surface area contributed by atoms with E-state index in [0.29, 0.717) is 6.54 Å². The highest BCUT2D eigenvalue weighted by Gasteiger charge is 2.27. The number of rotatable bonds is 3. The quantitative estimate of drug-likeness (QED) is 0.824. The Balaban J connectivity index is 2.79. The molecule has 0 heterocycles. The lowest BCUT2D eigenvalue weighted by Crippen LogP contribution is -2.11. The van der Waals surface area contributed by atoms with E-state index in [2.05, 4.69) is 0 Å². The van der Waals surface area contributed by atoms with Gasteiger partial charge in [-0.3, -0.25) is 0 Å². The maximum Gasteiger partial charge on any atom is 0.393 e. The predicted octanol–water partition coefficient (Wildman–Crippen LogP) is 2.76. The van der Waals surface area contributed by atoms with Gasteiger partial charge in [0.1, 0.15) is 0 Å². The van der Waals surface area contributed by atoms with Crippen LogP contribution in [0.2, 0.25) is 0 Å². The van der Waals surface area contributed by atoms with Crippen LogP contribution in [-0.2, 0) is 6.42 Å². The summed E-state index contributed by atoms with van der Waals surface area (Å²) in [6.45, 7) is 0.378. The first-order valence-corrected chi connectivity index (χ1v) is 4.53. The molecule has 0 saturated carbocycles. The van der Waals surface area contributed by atoms with E-state index < -0.39 is 12.6 Å². The third kappa shape index (κ3) is 4.65. The van der Waals surface area contributed by atoms with Gasteiger partial charge in [-0.1, -0.05) is 36.4 Å². The topological polar surface area (TPSA) is 26.0 Å². The lowest BCUT2D eigenvalue weighted by atomic mass is 10.1. The molecule has 0 radical (unpaired) electrons. The van der Waals surface area contributed by atoms with Crippen molar-refractivity contribution in [2.45, 2.75) is 12.6 Å². The summed E-state index contributed by atoms with van der Waals surface area (Å²) >= 11 is 0. The summed E-state index contributed by atoms with van der Waals surface area (Å²) in [7, 11) is 0. The van der Waals surface area contributed by atoms with Crippen molar-refractivity contribution in [3.63, 3.8) is 0 Å². The van der Waals surface area contributed by atoms with E-state index in [1.807, 2.05) is 0 Å². The lowest BCUT2D eigenvalue weighted by molar-refractivity contribution is -0.127. The summed E-state index contributed by atoms with van der Waals surface area (Å²) in [5.74, 6) is 0. The summed E-state index contributed by atoms with van der Waals surface area (Å²) in [6.07, 6.45) is -1.64. The van der Waals surface area contributed by atoms with Crippen molar-refractivity contribution in [1.82, 2.24) is 0 Å². The highest BCUT2D eigenvalue weighted by molar-refractivity contribution is 5.50. The molecule has 0 aliphatic carbocycles. The van der Waals surface area contributed by atoms with Crippen LogP contribution in [0.15, 0.2) is 30.3 Å². The maximum absolute atomic E-state index is 12.1. The molecule has 0 aliphatic heterocycles. The van der Waals surface area contributed by atoms with Gasteiger partial charge in [-0.15, -0.1) is 0 Å². The molecule has 4 heteroatoms. The first-order valence-electron chi connectivity index (χ1n) is 4.53. The summed E-state index contributed by atoms with van der Waals surface area (Å²) < 4.78 is 36.3. The molecule has 1 nitrogen and oxygen atoms in total. The molecule has 0 saturated heterocycles. The number of halogens is 3. The first kappa shape index (κ1) is 11.8. The Kier molecular flexibility index (Phi) is 3.91. The van der Waals surface area contributed by atoms with E-state index >= 15 is 0 Å². The van der Waals surface area contributed by atoms with Crippen molar-refractivity contribution < 1.29 is 13.2 Å². The molecular weight excluding hydrogens is 203 g/mol. The van der Waals surface area contributed by atoms with Crippen LogP contribution in [0.1, 0.15) is 11.1 Å². The van der Waals surface area contributed by atoms with Gasteiger partial charge in [-0.25, -0.2) is 0 Å². The van der Waals surface area contributed by atoms with Crippen molar-refractivity contribution >= 4 is 6.08 Å². The van der Waals surface area contributed by atoms with Gasteiger partial charge in [0.25, 0.3) is 0 Å². The third-order valence-corrected chi connectivity index (χ3v) is 1.80. The van der Waals surface area contributed by atoms with Crippen molar-refractivity contribution in [2.75, 3.05) is 6.54 Å².